The van der Waals surface area contributed by atoms with E-state index in [-0.39, 0.29) is 0 Å². The number of nitrogens with zero attached hydrogens (tertiary/aromatic N) is 3. The summed E-state index contributed by atoms with van der Waals surface area (Å²) in [7, 11) is 0. The average molecular weight is 292 g/mol. The quantitative estimate of drug-likeness (QED) is 0.838. The van der Waals surface area contributed by atoms with Gasteiger partial charge in [-0.05, 0) is 56.7 Å². The Morgan fingerprint density at radius 1 is 1.10 bits per heavy atom. The zero-order valence-corrected chi connectivity index (χ0v) is 12.9. The highest BCUT2D eigenvalue weighted by molar-refractivity contribution is 7.71. The Labute approximate surface area is 125 Å². The van der Waals surface area contributed by atoms with Crippen LogP contribution >= 0.6 is 12.2 Å². The topological polar surface area (TPSA) is 36.9 Å². The van der Waals surface area contributed by atoms with Gasteiger partial charge in [-0.1, -0.05) is 19.3 Å². The van der Waals surface area contributed by atoms with E-state index in [1.165, 1.54) is 64.3 Å². The van der Waals surface area contributed by atoms with Crippen molar-refractivity contribution in [3.63, 3.8) is 0 Å². The van der Waals surface area contributed by atoms with Crippen LogP contribution in [0.3, 0.4) is 0 Å². The lowest BCUT2D eigenvalue weighted by Crippen LogP contribution is -2.32. The van der Waals surface area contributed by atoms with Crippen LogP contribution in [-0.4, -0.2) is 27.4 Å². The molecule has 0 aliphatic heterocycles. The summed E-state index contributed by atoms with van der Waals surface area (Å²) in [5.41, 5.74) is 0. The number of nitrogens with one attached hydrogen (secondary N) is 1. The van der Waals surface area contributed by atoms with Gasteiger partial charge in [0.25, 0.3) is 0 Å². The van der Waals surface area contributed by atoms with Crippen molar-refractivity contribution in [3.05, 3.63) is 4.77 Å². The van der Waals surface area contributed by atoms with Crippen molar-refractivity contribution in [2.24, 2.45) is 5.92 Å². The summed E-state index contributed by atoms with van der Waals surface area (Å²) in [5.74, 6) is 2.04. The Morgan fingerprint density at radius 3 is 2.50 bits per heavy atom. The van der Waals surface area contributed by atoms with Crippen molar-refractivity contribution in [2.75, 3.05) is 11.4 Å². The van der Waals surface area contributed by atoms with E-state index >= 15 is 0 Å². The van der Waals surface area contributed by atoms with Crippen LogP contribution in [0.25, 0.3) is 0 Å². The summed E-state index contributed by atoms with van der Waals surface area (Å²) in [6.07, 6.45) is 12.0. The number of hydrogen-bond acceptors (Lipinski definition) is 3. The van der Waals surface area contributed by atoms with E-state index < -0.39 is 0 Å². The molecule has 0 bridgehead atoms. The normalized spacial score (nSPS) is 24.0. The predicted octanol–water partition coefficient (Wildman–Crippen LogP) is 3.82. The number of aromatic nitrogens is 3. The fourth-order valence-electron chi connectivity index (χ4n) is 3.53. The zero-order valence-electron chi connectivity index (χ0n) is 12.1. The summed E-state index contributed by atoms with van der Waals surface area (Å²) >= 11 is 5.53. The van der Waals surface area contributed by atoms with Gasteiger partial charge in [0, 0.05) is 18.6 Å². The molecular formula is C15H24N4S. The Morgan fingerprint density at radius 2 is 1.85 bits per heavy atom. The highest BCUT2D eigenvalue weighted by Crippen LogP contribution is 2.39. The van der Waals surface area contributed by atoms with Gasteiger partial charge in [0.1, 0.15) is 0 Å². The molecule has 1 N–H and O–H groups in total. The molecule has 3 fully saturated rings. The van der Waals surface area contributed by atoms with Crippen molar-refractivity contribution >= 4 is 18.2 Å². The summed E-state index contributed by atoms with van der Waals surface area (Å²) in [4.78, 5) is 2.55. The average Bonchev–Trinajstić information content (AvgIpc) is 3.36. The highest BCUT2D eigenvalue weighted by Gasteiger charge is 2.37. The third-order valence-corrected chi connectivity index (χ3v) is 5.31. The molecule has 0 amide bonds. The lowest BCUT2D eigenvalue weighted by atomic mass is 9.95. The van der Waals surface area contributed by atoms with Crippen molar-refractivity contribution in [3.8, 4) is 0 Å². The monoisotopic (exact) mass is 292 g/mol. The molecule has 3 aliphatic rings. The van der Waals surface area contributed by atoms with Gasteiger partial charge in [-0.3, -0.25) is 4.57 Å². The fourth-order valence-corrected chi connectivity index (χ4v) is 3.80. The smallest absolute Gasteiger partial charge is 0.226 e. The fraction of sp³-hybridized carbons (Fsp3) is 0.867. The lowest BCUT2D eigenvalue weighted by Gasteiger charge is -2.29. The van der Waals surface area contributed by atoms with E-state index in [1.807, 2.05) is 0 Å². The van der Waals surface area contributed by atoms with Gasteiger partial charge in [0.05, 0.1) is 0 Å². The van der Waals surface area contributed by atoms with E-state index in [2.05, 4.69) is 19.7 Å². The summed E-state index contributed by atoms with van der Waals surface area (Å²) < 4.78 is 3.17. The van der Waals surface area contributed by atoms with Gasteiger partial charge in [-0.15, -0.1) is 5.10 Å². The number of anilines is 1. The first-order valence-corrected chi connectivity index (χ1v) is 8.67. The van der Waals surface area contributed by atoms with Crippen LogP contribution in [-0.2, 0) is 0 Å². The second kappa shape index (κ2) is 5.17. The summed E-state index contributed by atoms with van der Waals surface area (Å²) in [5, 5.41) is 7.67. The van der Waals surface area contributed by atoms with Crippen LogP contribution in [0.15, 0.2) is 0 Å². The molecule has 4 nitrogen and oxygen atoms in total. The van der Waals surface area contributed by atoms with Crippen molar-refractivity contribution in [2.45, 2.75) is 69.9 Å². The van der Waals surface area contributed by atoms with E-state index in [9.17, 15) is 0 Å². The molecule has 5 heteroatoms. The largest absolute Gasteiger partial charge is 0.338 e. The SMILES string of the molecule is S=c1[nH]nc(N(CC2CC2)C2CC2)n1C1CCCCC1. The third kappa shape index (κ3) is 2.52. The second-order valence-corrected chi connectivity index (χ2v) is 7.20. The van der Waals surface area contributed by atoms with Crippen LogP contribution < -0.4 is 4.90 Å². The maximum Gasteiger partial charge on any atom is 0.226 e. The first-order valence-electron chi connectivity index (χ1n) is 8.26. The lowest BCUT2D eigenvalue weighted by molar-refractivity contribution is 0.349. The molecule has 1 aromatic rings. The molecule has 0 saturated heterocycles. The van der Waals surface area contributed by atoms with Crippen LogP contribution in [0.1, 0.15) is 63.8 Å². The Hall–Kier alpha value is -0.840. The molecule has 0 unspecified atom stereocenters. The molecule has 0 atom stereocenters. The molecule has 20 heavy (non-hydrogen) atoms. The predicted molar refractivity (Wildman–Crippen MR) is 82.6 cm³/mol. The molecule has 4 rings (SSSR count). The van der Waals surface area contributed by atoms with Crippen LogP contribution in [0, 0.1) is 10.7 Å². The number of rotatable bonds is 5. The number of aromatic amines is 1. The maximum atomic E-state index is 5.53. The van der Waals surface area contributed by atoms with Gasteiger partial charge in [-0.2, -0.15) is 0 Å². The van der Waals surface area contributed by atoms with Gasteiger partial charge in [-0.25, -0.2) is 5.10 Å². The maximum absolute atomic E-state index is 5.53. The van der Waals surface area contributed by atoms with Gasteiger partial charge >= 0.3 is 0 Å². The first kappa shape index (κ1) is 12.9. The van der Waals surface area contributed by atoms with E-state index in [0.29, 0.717) is 6.04 Å². The van der Waals surface area contributed by atoms with Gasteiger partial charge < -0.3 is 4.90 Å². The molecule has 1 aromatic heterocycles. The molecule has 3 aliphatic carbocycles. The minimum absolute atomic E-state index is 0.574. The molecule has 3 saturated carbocycles. The Bertz CT molecular complexity index is 520. The Kier molecular flexibility index (Phi) is 3.33. The second-order valence-electron chi connectivity index (χ2n) is 6.82. The van der Waals surface area contributed by atoms with Crippen molar-refractivity contribution in [1.82, 2.24) is 14.8 Å². The minimum Gasteiger partial charge on any atom is -0.338 e. The first-order chi connectivity index (χ1) is 9.83. The molecule has 0 aromatic carbocycles. The molecule has 0 spiro atoms. The van der Waals surface area contributed by atoms with Crippen molar-refractivity contribution in [1.29, 1.82) is 0 Å². The number of hydrogen-bond donors (Lipinski definition) is 1. The van der Waals surface area contributed by atoms with Gasteiger partial charge in [0.15, 0.2) is 4.77 Å². The van der Waals surface area contributed by atoms with Crippen LogP contribution in [0.2, 0.25) is 0 Å². The standard InChI is InChI=1S/C15H24N4S/c20-15-17-16-14(19(15)13-4-2-1-3-5-13)18(12-8-9-12)10-11-6-7-11/h11-13H,1-10H2,(H,17,20). The summed E-state index contributed by atoms with van der Waals surface area (Å²) in [6.45, 7) is 1.19. The molecular weight excluding hydrogens is 268 g/mol. The van der Waals surface area contributed by atoms with Crippen LogP contribution in [0.5, 0.6) is 0 Å². The molecule has 1 heterocycles. The van der Waals surface area contributed by atoms with E-state index in [1.54, 1.807) is 0 Å². The van der Waals surface area contributed by atoms with Crippen molar-refractivity contribution < 1.29 is 0 Å². The Balaban J connectivity index is 1.63. The molecule has 0 radical (unpaired) electrons. The summed E-state index contributed by atoms with van der Waals surface area (Å²) in [6, 6.07) is 1.30. The highest BCUT2D eigenvalue weighted by atomic mass is 32.1. The zero-order chi connectivity index (χ0) is 13.5. The minimum atomic E-state index is 0.574. The molecule has 110 valence electrons. The van der Waals surface area contributed by atoms with E-state index in [4.69, 9.17) is 12.2 Å². The van der Waals surface area contributed by atoms with Crippen LogP contribution in [0.4, 0.5) is 5.95 Å². The number of H-pyrrole nitrogens is 1. The van der Waals surface area contributed by atoms with Gasteiger partial charge in [0.2, 0.25) is 5.95 Å². The third-order valence-electron chi connectivity index (χ3n) is 5.02. The van der Waals surface area contributed by atoms with E-state index in [0.717, 1.165) is 22.7 Å².